The zero-order valence-electron chi connectivity index (χ0n) is 11.4. The number of benzene rings is 1. The third-order valence-corrected chi connectivity index (χ3v) is 4.50. The molecule has 4 nitrogen and oxygen atoms in total. The lowest BCUT2D eigenvalue weighted by atomic mass is 10.1. The lowest BCUT2D eigenvalue weighted by Crippen LogP contribution is -2.46. The molecule has 0 amide bonds. The van der Waals surface area contributed by atoms with E-state index in [0.29, 0.717) is 18.8 Å². The highest BCUT2D eigenvalue weighted by Crippen LogP contribution is 2.26. The Morgan fingerprint density at radius 2 is 1.81 bits per heavy atom. The van der Waals surface area contributed by atoms with Crippen LogP contribution in [0.5, 0.6) is 0 Å². The van der Waals surface area contributed by atoms with Crippen molar-refractivity contribution >= 4 is 22.2 Å². The molecule has 1 aromatic heterocycles. The van der Waals surface area contributed by atoms with E-state index < -0.39 is 11.6 Å². The zero-order chi connectivity index (χ0) is 14.8. The molecule has 1 aromatic carbocycles. The third kappa shape index (κ3) is 2.71. The van der Waals surface area contributed by atoms with Gasteiger partial charge in [-0.25, -0.2) is 13.8 Å². The largest absolute Gasteiger partial charge is 0.366 e. The number of hydrogen-bond donors (Lipinski definition) is 1. The van der Waals surface area contributed by atoms with Gasteiger partial charge in [-0.05, 0) is 6.07 Å². The fourth-order valence-electron chi connectivity index (χ4n) is 2.49. The Kier molecular flexibility index (Phi) is 4.03. The molecule has 2 heterocycles. The summed E-state index contributed by atoms with van der Waals surface area (Å²) in [7, 11) is 0. The molecule has 7 heteroatoms. The highest BCUT2D eigenvalue weighted by molar-refractivity contribution is 7.13. The Morgan fingerprint density at radius 1 is 1.10 bits per heavy atom. The fourth-order valence-corrected chi connectivity index (χ4v) is 3.19. The van der Waals surface area contributed by atoms with Gasteiger partial charge >= 0.3 is 0 Å². The molecule has 1 aliphatic heterocycles. The SMILES string of the molecule is NCc1ccc(N2CCN(c3nccs3)CC2)c(F)c1F. The number of nitrogens with zero attached hydrogens (tertiary/aromatic N) is 3. The first kappa shape index (κ1) is 14.2. The minimum atomic E-state index is -0.836. The van der Waals surface area contributed by atoms with Crippen LogP contribution < -0.4 is 15.5 Å². The Balaban J connectivity index is 1.74. The third-order valence-electron chi connectivity index (χ3n) is 3.67. The maximum atomic E-state index is 14.1. The van der Waals surface area contributed by atoms with Gasteiger partial charge in [-0.3, -0.25) is 0 Å². The normalized spacial score (nSPS) is 15.6. The van der Waals surface area contributed by atoms with Gasteiger partial charge in [0, 0.05) is 49.9 Å². The van der Waals surface area contributed by atoms with Gasteiger partial charge in [-0.15, -0.1) is 11.3 Å². The maximum Gasteiger partial charge on any atom is 0.185 e. The molecule has 2 N–H and O–H groups in total. The highest BCUT2D eigenvalue weighted by atomic mass is 32.1. The van der Waals surface area contributed by atoms with Gasteiger partial charge in [0.2, 0.25) is 0 Å². The smallest absolute Gasteiger partial charge is 0.185 e. The number of halogens is 2. The van der Waals surface area contributed by atoms with Gasteiger partial charge in [0.15, 0.2) is 16.8 Å². The summed E-state index contributed by atoms with van der Waals surface area (Å²) in [6, 6.07) is 3.17. The van der Waals surface area contributed by atoms with Gasteiger partial charge in [-0.2, -0.15) is 0 Å². The van der Waals surface area contributed by atoms with Gasteiger partial charge in [0.05, 0.1) is 5.69 Å². The number of rotatable bonds is 3. The van der Waals surface area contributed by atoms with Crippen LogP contribution in [-0.4, -0.2) is 31.2 Å². The van der Waals surface area contributed by atoms with Crippen molar-refractivity contribution in [1.82, 2.24) is 4.98 Å². The molecule has 0 bridgehead atoms. The summed E-state index contributed by atoms with van der Waals surface area (Å²) in [5.74, 6) is -1.64. The van der Waals surface area contributed by atoms with Crippen molar-refractivity contribution in [3.63, 3.8) is 0 Å². The van der Waals surface area contributed by atoms with Crippen molar-refractivity contribution < 1.29 is 8.78 Å². The van der Waals surface area contributed by atoms with E-state index in [9.17, 15) is 8.78 Å². The van der Waals surface area contributed by atoms with E-state index in [4.69, 9.17) is 5.73 Å². The lowest BCUT2D eigenvalue weighted by molar-refractivity contribution is 0.494. The Bertz CT molecular complexity index is 610. The van der Waals surface area contributed by atoms with E-state index in [2.05, 4.69) is 9.88 Å². The van der Waals surface area contributed by atoms with Crippen LogP contribution in [0.4, 0.5) is 19.6 Å². The topological polar surface area (TPSA) is 45.4 Å². The number of anilines is 2. The summed E-state index contributed by atoms with van der Waals surface area (Å²) in [5.41, 5.74) is 5.90. The highest BCUT2D eigenvalue weighted by Gasteiger charge is 2.23. The Morgan fingerprint density at radius 3 is 2.43 bits per heavy atom. The van der Waals surface area contributed by atoms with Crippen LogP contribution in [0.2, 0.25) is 0 Å². The van der Waals surface area contributed by atoms with Crippen LogP contribution in [0.25, 0.3) is 0 Å². The summed E-state index contributed by atoms with van der Waals surface area (Å²) in [5, 5.41) is 2.90. The average molecular weight is 310 g/mol. The monoisotopic (exact) mass is 310 g/mol. The molecule has 112 valence electrons. The summed E-state index contributed by atoms with van der Waals surface area (Å²) in [4.78, 5) is 8.29. The molecular weight excluding hydrogens is 294 g/mol. The molecule has 0 atom stereocenters. The minimum absolute atomic E-state index is 0.000852. The quantitative estimate of drug-likeness (QED) is 0.944. The van der Waals surface area contributed by atoms with Gasteiger partial charge in [-0.1, -0.05) is 6.07 Å². The number of aromatic nitrogens is 1. The van der Waals surface area contributed by atoms with E-state index in [0.717, 1.165) is 18.2 Å². The maximum absolute atomic E-state index is 14.1. The lowest BCUT2D eigenvalue weighted by Gasteiger charge is -2.36. The van der Waals surface area contributed by atoms with E-state index in [-0.39, 0.29) is 12.1 Å². The fraction of sp³-hybridized carbons (Fsp3) is 0.357. The average Bonchev–Trinajstić information content (AvgIpc) is 3.05. The van der Waals surface area contributed by atoms with Crippen molar-refractivity contribution in [3.05, 3.63) is 40.9 Å². The number of piperazine rings is 1. The first-order valence-corrected chi connectivity index (χ1v) is 7.65. The van der Waals surface area contributed by atoms with Crippen LogP contribution in [0.15, 0.2) is 23.7 Å². The summed E-state index contributed by atoms with van der Waals surface area (Å²) < 4.78 is 27.9. The molecule has 0 radical (unpaired) electrons. The molecule has 3 rings (SSSR count). The van der Waals surface area contributed by atoms with E-state index in [1.54, 1.807) is 29.7 Å². The molecule has 1 fully saturated rings. The van der Waals surface area contributed by atoms with Crippen LogP contribution in [-0.2, 0) is 6.54 Å². The van der Waals surface area contributed by atoms with Crippen LogP contribution in [0, 0.1) is 11.6 Å². The molecule has 0 aliphatic carbocycles. The van der Waals surface area contributed by atoms with Crippen LogP contribution in [0.1, 0.15) is 5.56 Å². The molecule has 1 saturated heterocycles. The summed E-state index contributed by atoms with van der Waals surface area (Å²) in [6.07, 6.45) is 1.77. The van der Waals surface area contributed by atoms with Gasteiger partial charge in [0.1, 0.15) is 0 Å². The number of thiazole rings is 1. The van der Waals surface area contributed by atoms with Crippen molar-refractivity contribution in [3.8, 4) is 0 Å². The van der Waals surface area contributed by atoms with E-state index in [1.807, 2.05) is 10.3 Å². The number of hydrogen-bond acceptors (Lipinski definition) is 5. The molecule has 2 aromatic rings. The predicted octanol–water partition coefficient (Wildman–Crippen LogP) is 2.21. The second-order valence-corrected chi connectivity index (χ2v) is 5.74. The van der Waals surface area contributed by atoms with E-state index >= 15 is 0 Å². The van der Waals surface area contributed by atoms with Crippen molar-refractivity contribution in [2.45, 2.75) is 6.54 Å². The van der Waals surface area contributed by atoms with Gasteiger partial charge in [0.25, 0.3) is 0 Å². The van der Waals surface area contributed by atoms with Crippen molar-refractivity contribution in [1.29, 1.82) is 0 Å². The predicted molar refractivity (Wildman–Crippen MR) is 80.8 cm³/mol. The molecule has 0 unspecified atom stereocenters. The first-order chi connectivity index (χ1) is 10.2. The van der Waals surface area contributed by atoms with Crippen molar-refractivity contribution in [2.24, 2.45) is 5.73 Å². The minimum Gasteiger partial charge on any atom is -0.366 e. The molecule has 0 saturated carbocycles. The van der Waals surface area contributed by atoms with Crippen LogP contribution in [0.3, 0.4) is 0 Å². The molecule has 1 aliphatic rings. The zero-order valence-corrected chi connectivity index (χ0v) is 12.2. The second-order valence-electron chi connectivity index (χ2n) is 4.86. The van der Waals surface area contributed by atoms with Crippen molar-refractivity contribution in [2.75, 3.05) is 36.0 Å². The van der Waals surface area contributed by atoms with E-state index in [1.165, 1.54) is 0 Å². The molecule has 0 spiro atoms. The Labute approximate surface area is 125 Å². The molecule has 21 heavy (non-hydrogen) atoms. The second kappa shape index (κ2) is 5.95. The molecular formula is C14H16F2N4S. The first-order valence-electron chi connectivity index (χ1n) is 6.77. The number of nitrogens with two attached hydrogens (primary N) is 1. The standard InChI is InChI=1S/C14H16F2N4S/c15-12-10(9-17)1-2-11(13(12)16)19-4-6-20(7-5-19)14-18-3-8-21-14/h1-3,8H,4-7,9,17H2. The van der Waals surface area contributed by atoms with Gasteiger partial charge < -0.3 is 15.5 Å². The summed E-state index contributed by atoms with van der Waals surface area (Å²) >= 11 is 1.59. The summed E-state index contributed by atoms with van der Waals surface area (Å²) in [6.45, 7) is 2.76. The Hall–Kier alpha value is -1.73. The van der Waals surface area contributed by atoms with Crippen LogP contribution >= 0.6 is 11.3 Å².